The van der Waals surface area contributed by atoms with E-state index in [0.717, 1.165) is 66.6 Å². The number of aromatic nitrogens is 4. The molecule has 2 aromatic heterocycles. The largest absolute Gasteiger partial charge is 0.293 e. The Morgan fingerprint density at radius 1 is 1.40 bits per heavy atom. The molecule has 0 aliphatic carbocycles. The van der Waals surface area contributed by atoms with Gasteiger partial charge in [0.05, 0.1) is 17.9 Å². The van der Waals surface area contributed by atoms with E-state index in [2.05, 4.69) is 20.0 Å². The van der Waals surface area contributed by atoms with Gasteiger partial charge in [-0.1, -0.05) is 0 Å². The molecule has 2 aliphatic heterocycles. The van der Waals surface area contributed by atoms with Gasteiger partial charge >= 0.3 is 0 Å². The molecule has 2 aromatic rings. The molecule has 0 radical (unpaired) electrons. The summed E-state index contributed by atoms with van der Waals surface area (Å²) < 4.78 is 1.68. The molecule has 1 saturated heterocycles. The third kappa shape index (κ3) is 3.77. The molecule has 0 bridgehead atoms. The summed E-state index contributed by atoms with van der Waals surface area (Å²) in [6.45, 7) is 4.44. The minimum atomic E-state index is 0.0333. The van der Waals surface area contributed by atoms with Crippen LogP contribution < -0.4 is 5.56 Å². The number of hydrogen-bond donors (Lipinski definition) is 0. The Hall–Kier alpha value is -1.73. The molecule has 0 amide bonds. The summed E-state index contributed by atoms with van der Waals surface area (Å²) in [5.74, 6) is 2.82. The van der Waals surface area contributed by atoms with Crippen LogP contribution >= 0.6 is 11.8 Å². The number of rotatable bonds is 4. The molecule has 1 fully saturated rings. The van der Waals surface area contributed by atoms with Gasteiger partial charge in [-0.3, -0.25) is 9.69 Å². The minimum Gasteiger partial charge on any atom is -0.293 e. The lowest BCUT2D eigenvalue weighted by molar-refractivity contribution is 0.213. The fraction of sp³-hybridized carbons (Fsp3) is 0.556. The summed E-state index contributed by atoms with van der Waals surface area (Å²) in [5, 5.41) is 4.67. The molecule has 7 heteroatoms. The van der Waals surface area contributed by atoms with E-state index in [4.69, 9.17) is 0 Å². The molecule has 0 aromatic carbocycles. The first-order valence-electron chi connectivity index (χ1n) is 8.89. The van der Waals surface area contributed by atoms with Crippen LogP contribution in [0, 0.1) is 6.92 Å². The third-order valence-corrected chi connectivity index (χ3v) is 5.99. The number of hydrogen-bond acceptors (Lipinski definition) is 6. The van der Waals surface area contributed by atoms with Crippen LogP contribution in [-0.2, 0) is 25.3 Å². The maximum Gasteiger partial charge on any atom is 0.267 e. The van der Waals surface area contributed by atoms with Crippen molar-refractivity contribution in [2.24, 2.45) is 0 Å². The van der Waals surface area contributed by atoms with Gasteiger partial charge in [0.2, 0.25) is 0 Å². The molecule has 132 valence electrons. The average Bonchev–Trinajstić information content (AvgIpc) is 3.02. The topological polar surface area (TPSA) is 63.9 Å². The van der Waals surface area contributed by atoms with E-state index < -0.39 is 0 Å². The highest BCUT2D eigenvalue weighted by Gasteiger charge is 2.26. The Labute approximate surface area is 151 Å². The SMILES string of the molecule is Cc1nccc(CN2CCCC2Cn2nc3c(cc2=O)CSCC3)n1. The van der Waals surface area contributed by atoms with Gasteiger partial charge < -0.3 is 0 Å². The van der Waals surface area contributed by atoms with Crippen LogP contribution in [-0.4, -0.2) is 43.0 Å². The molecule has 1 atom stereocenters. The summed E-state index contributed by atoms with van der Waals surface area (Å²) in [6, 6.07) is 4.11. The van der Waals surface area contributed by atoms with Crippen LogP contribution in [0.5, 0.6) is 0 Å². The molecule has 6 nitrogen and oxygen atoms in total. The number of thioether (sulfide) groups is 1. The van der Waals surface area contributed by atoms with E-state index in [-0.39, 0.29) is 5.56 Å². The molecule has 2 aliphatic rings. The Kier molecular flexibility index (Phi) is 4.85. The van der Waals surface area contributed by atoms with Gasteiger partial charge in [-0.2, -0.15) is 16.9 Å². The Bertz CT molecular complexity index is 821. The van der Waals surface area contributed by atoms with Crippen molar-refractivity contribution in [3.63, 3.8) is 0 Å². The first kappa shape index (κ1) is 16.7. The van der Waals surface area contributed by atoms with Crippen molar-refractivity contribution >= 4 is 11.8 Å². The zero-order valence-electron chi connectivity index (χ0n) is 14.5. The predicted octanol–water partition coefficient (Wildman–Crippen LogP) is 1.80. The lowest BCUT2D eigenvalue weighted by atomic mass is 10.2. The molecule has 0 spiro atoms. The molecular formula is C18H23N5OS. The summed E-state index contributed by atoms with van der Waals surface area (Å²) in [7, 11) is 0. The summed E-state index contributed by atoms with van der Waals surface area (Å²) in [5.41, 5.74) is 3.31. The van der Waals surface area contributed by atoms with Gasteiger partial charge in [-0.15, -0.1) is 0 Å². The van der Waals surface area contributed by atoms with Crippen molar-refractivity contribution in [3.8, 4) is 0 Å². The highest BCUT2D eigenvalue weighted by Crippen LogP contribution is 2.23. The van der Waals surface area contributed by atoms with Crippen molar-refractivity contribution in [2.75, 3.05) is 12.3 Å². The molecular weight excluding hydrogens is 334 g/mol. The fourth-order valence-electron chi connectivity index (χ4n) is 3.69. The van der Waals surface area contributed by atoms with Crippen molar-refractivity contribution in [2.45, 2.75) is 51.1 Å². The normalized spacial score (nSPS) is 20.6. The van der Waals surface area contributed by atoms with Crippen LogP contribution in [0.2, 0.25) is 0 Å². The maximum atomic E-state index is 12.4. The van der Waals surface area contributed by atoms with E-state index in [1.807, 2.05) is 30.9 Å². The van der Waals surface area contributed by atoms with Gasteiger partial charge in [-0.25, -0.2) is 14.6 Å². The monoisotopic (exact) mass is 357 g/mol. The van der Waals surface area contributed by atoms with Gasteiger partial charge in [0.15, 0.2) is 0 Å². The van der Waals surface area contributed by atoms with E-state index in [9.17, 15) is 4.79 Å². The van der Waals surface area contributed by atoms with Gasteiger partial charge in [0.25, 0.3) is 5.56 Å². The van der Waals surface area contributed by atoms with E-state index in [0.29, 0.717) is 12.6 Å². The fourth-order valence-corrected chi connectivity index (χ4v) is 4.65. The van der Waals surface area contributed by atoms with Gasteiger partial charge in [-0.05, 0) is 43.7 Å². The van der Waals surface area contributed by atoms with Gasteiger partial charge in [0, 0.05) is 37.0 Å². The Morgan fingerprint density at radius 2 is 2.32 bits per heavy atom. The van der Waals surface area contributed by atoms with E-state index in [1.165, 1.54) is 0 Å². The van der Waals surface area contributed by atoms with Crippen LogP contribution in [0.15, 0.2) is 23.1 Å². The van der Waals surface area contributed by atoms with Crippen LogP contribution in [0.1, 0.15) is 35.6 Å². The Balaban J connectivity index is 1.50. The van der Waals surface area contributed by atoms with E-state index in [1.54, 1.807) is 10.7 Å². The highest BCUT2D eigenvalue weighted by molar-refractivity contribution is 7.98. The number of aryl methyl sites for hydroxylation is 2. The zero-order chi connectivity index (χ0) is 17.2. The second kappa shape index (κ2) is 7.25. The Morgan fingerprint density at radius 3 is 3.20 bits per heavy atom. The summed E-state index contributed by atoms with van der Waals surface area (Å²) in [6.07, 6.45) is 5.04. The van der Waals surface area contributed by atoms with Crippen molar-refractivity contribution in [3.05, 3.63) is 51.5 Å². The van der Waals surface area contributed by atoms with Crippen molar-refractivity contribution in [1.82, 2.24) is 24.6 Å². The van der Waals surface area contributed by atoms with Crippen molar-refractivity contribution in [1.29, 1.82) is 0 Å². The lowest BCUT2D eigenvalue weighted by Gasteiger charge is -2.25. The molecule has 25 heavy (non-hydrogen) atoms. The summed E-state index contributed by atoms with van der Waals surface area (Å²) >= 11 is 1.88. The zero-order valence-corrected chi connectivity index (χ0v) is 15.3. The van der Waals surface area contributed by atoms with Crippen LogP contribution in [0.4, 0.5) is 0 Å². The summed E-state index contributed by atoms with van der Waals surface area (Å²) in [4.78, 5) is 23.5. The van der Waals surface area contributed by atoms with E-state index >= 15 is 0 Å². The van der Waals surface area contributed by atoms with Crippen molar-refractivity contribution < 1.29 is 0 Å². The second-order valence-electron chi connectivity index (χ2n) is 6.80. The maximum absolute atomic E-state index is 12.4. The predicted molar refractivity (Wildman–Crippen MR) is 98.6 cm³/mol. The lowest BCUT2D eigenvalue weighted by Crippen LogP contribution is -2.37. The standard InChI is InChI=1S/C18H23N5OS/c1-13-19-6-4-15(20-13)10-22-7-2-3-16(22)11-23-18(24)9-14-12-25-8-5-17(14)21-23/h4,6,9,16H,2-3,5,7-8,10-12H2,1H3. The molecule has 4 heterocycles. The third-order valence-electron chi connectivity index (χ3n) is 4.99. The minimum absolute atomic E-state index is 0.0333. The number of likely N-dealkylation sites (tertiary alicyclic amines) is 1. The first-order valence-corrected chi connectivity index (χ1v) is 10.0. The average molecular weight is 357 g/mol. The first-order chi connectivity index (χ1) is 12.2. The molecule has 1 unspecified atom stereocenters. The molecule has 0 saturated carbocycles. The van der Waals surface area contributed by atoms with Crippen LogP contribution in [0.3, 0.4) is 0 Å². The van der Waals surface area contributed by atoms with Gasteiger partial charge in [0.1, 0.15) is 5.82 Å². The molecule has 0 N–H and O–H groups in total. The second-order valence-corrected chi connectivity index (χ2v) is 7.91. The molecule has 4 rings (SSSR count). The smallest absolute Gasteiger partial charge is 0.267 e. The highest BCUT2D eigenvalue weighted by atomic mass is 32.2. The van der Waals surface area contributed by atoms with Crippen LogP contribution in [0.25, 0.3) is 0 Å². The number of fused-ring (bicyclic) bond motifs is 1. The number of nitrogens with zero attached hydrogens (tertiary/aromatic N) is 5. The quantitative estimate of drug-likeness (QED) is 0.831.